The van der Waals surface area contributed by atoms with Gasteiger partial charge in [-0.15, -0.1) is 0 Å². The monoisotopic (exact) mass is 413 g/mol. The van der Waals surface area contributed by atoms with Crippen LogP contribution < -0.4 is 10.1 Å². The quantitative estimate of drug-likeness (QED) is 0.507. The van der Waals surface area contributed by atoms with Crippen LogP contribution in [0, 0.1) is 0 Å². The van der Waals surface area contributed by atoms with Crippen molar-refractivity contribution in [2.24, 2.45) is 0 Å². The van der Waals surface area contributed by atoms with Gasteiger partial charge in [-0.2, -0.15) is 13.2 Å². The summed E-state index contributed by atoms with van der Waals surface area (Å²) in [5, 5.41) is 2.80. The number of hydrogen-bond donors (Lipinski definition) is 1. The molecule has 0 saturated heterocycles. The van der Waals surface area contributed by atoms with E-state index in [1.165, 1.54) is 7.11 Å². The lowest BCUT2D eigenvalue weighted by molar-refractivity contribution is -0.141. The molecule has 0 saturated carbocycles. The van der Waals surface area contributed by atoms with Gasteiger partial charge in [-0.05, 0) is 43.7 Å². The van der Waals surface area contributed by atoms with Gasteiger partial charge < -0.3 is 10.1 Å². The third-order valence-electron chi connectivity index (χ3n) is 3.96. The zero-order valence-electron chi connectivity index (χ0n) is 15.8. The largest absolute Gasteiger partial charge is 0.497 e. The number of halogens is 3. The van der Waals surface area contributed by atoms with Crippen molar-refractivity contribution < 1.29 is 22.7 Å². The van der Waals surface area contributed by atoms with Crippen molar-refractivity contribution in [1.29, 1.82) is 0 Å². The first-order valence-electron chi connectivity index (χ1n) is 8.75. The van der Waals surface area contributed by atoms with Crippen molar-refractivity contribution >= 4 is 17.7 Å². The van der Waals surface area contributed by atoms with E-state index in [1.807, 2.05) is 13.8 Å². The molecule has 28 heavy (non-hydrogen) atoms. The maximum absolute atomic E-state index is 13.2. The Balaban J connectivity index is 2.18. The summed E-state index contributed by atoms with van der Waals surface area (Å²) in [7, 11) is 1.51. The molecule has 1 N–H and O–H groups in total. The van der Waals surface area contributed by atoms with Crippen molar-refractivity contribution in [2.45, 2.75) is 44.1 Å². The van der Waals surface area contributed by atoms with E-state index in [2.05, 4.69) is 15.3 Å². The van der Waals surface area contributed by atoms with Crippen LogP contribution in [-0.2, 0) is 11.0 Å². The zero-order chi connectivity index (χ0) is 20.7. The zero-order valence-corrected chi connectivity index (χ0v) is 16.7. The van der Waals surface area contributed by atoms with E-state index in [0.29, 0.717) is 11.3 Å². The first-order chi connectivity index (χ1) is 13.2. The molecule has 0 bridgehead atoms. The van der Waals surface area contributed by atoms with Crippen LogP contribution in [0.25, 0.3) is 11.3 Å². The fourth-order valence-electron chi connectivity index (χ4n) is 2.23. The lowest BCUT2D eigenvalue weighted by atomic mass is 10.1. The summed E-state index contributed by atoms with van der Waals surface area (Å²) < 4.78 is 44.8. The molecule has 2 aromatic rings. The fraction of sp³-hybridized carbons (Fsp3) is 0.421. The van der Waals surface area contributed by atoms with Gasteiger partial charge in [-0.3, -0.25) is 4.79 Å². The van der Waals surface area contributed by atoms with Crippen LogP contribution in [0.1, 0.15) is 32.4 Å². The van der Waals surface area contributed by atoms with Crippen LogP contribution in [-0.4, -0.2) is 34.8 Å². The van der Waals surface area contributed by atoms with E-state index in [-0.39, 0.29) is 35.0 Å². The van der Waals surface area contributed by atoms with Crippen molar-refractivity contribution in [3.63, 3.8) is 0 Å². The number of rotatable bonds is 8. The normalized spacial score (nSPS) is 12.5. The molecule has 1 aromatic heterocycles. The number of hydrogen-bond acceptors (Lipinski definition) is 5. The number of alkyl halides is 3. The first kappa shape index (κ1) is 22.0. The summed E-state index contributed by atoms with van der Waals surface area (Å²) in [5.41, 5.74) is -0.332. The molecule has 1 aromatic carbocycles. The summed E-state index contributed by atoms with van der Waals surface area (Å²) in [6.07, 6.45) is -3.61. The summed E-state index contributed by atoms with van der Waals surface area (Å²) in [5.74, 6) is 0.728. The Labute approximate surface area is 166 Å². The SMILES string of the molecule is CC[C@@H](C)NC(=O)CCSc1nc(-c2ccc(OC)cc2)cc(C(F)(F)F)n1. The second kappa shape index (κ2) is 9.77. The molecule has 1 atom stereocenters. The van der Waals surface area contributed by atoms with Crippen LogP contribution in [0.15, 0.2) is 35.5 Å². The highest BCUT2D eigenvalue weighted by Crippen LogP contribution is 2.32. The highest BCUT2D eigenvalue weighted by atomic mass is 32.2. The van der Waals surface area contributed by atoms with Crippen LogP contribution in [0.5, 0.6) is 5.75 Å². The van der Waals surface area contributed by atoms with Crippen LogP contribution >= 0.6 is 11.8 Å². The highest BCUT2D eigenvalue weighted by Gasteiger charge is 2.33. The van der Waals surface area contributed by atoms with Gasteiger partial charge in [0.1, 0.15) is 11.4 Å². The minimum absolute atomic E-state index is 0.0167. The van der Waals surface area contributed by atoms with Gasteiger partial charge in [0.25, 0.3) is 0 Å². The van der Waals surface area contributed by atoms with Gasteiger partial charge in [0, 0.05) is 23.8 Å². The second-order valence-corrected chi connectivity index (χ2v) is 7.18. The van der Waals surface area contributed by atoms with Crippen LogP contribution in [0.4, 0.5) is 13.2 Å². The van der Waals surface area contributed by atoms with E-state index in [0.717, 1.165) is 24.2 Å². The van der Waals surface area contributed by atoms with Gasteiger partial charge in [-0.1, -0.05) is 18.7 Å². The second-order valence-electron chi connectivity index (χ2n) is 6.12. The first-order valence-corrected chi connectivity index (χ1v) is 9.74. The molecule has 0 aliphatic heterocycles. The Bertz CT molecular complexity index is 798. The molecule has 1 heterocycles. The van der Waals surface area contributed by atoms with E-state index >= 15 is 0 Å². The van der Waals surface area contributed by atoms with E-state index < -0.39 is 11.9 Å². The number of ether oxygens (including phenoxy) is 1. The smallest absolute Gasteiger partial charge is 0.433 e. The van der Waals surface area contributed by atoms with Crippen LogP contribution in [0.2, 0.25) is 0 Å². The average molecular weight is 413 g/mol. The molecule has 9 heteroatoms. The van der Waals surface area contributed by atoms with Gasteiger partial charge >= 0.3 is 6.18 Å². The van der Waals surface area contributed by atoms with E-state index in [4.69, 9.17) is 4.74 Å². The predicted octanol–water partition coefficient (Wildman–Crippen LogP) is 4.57. The van der Waals surface area contributed by atoms with Crippen molar-refractivity contribution in [1.82, 2.24) is 15.3 Å². The third-order valence-corrected chi connectivity index (χ3v) is 4.81. The van der Waals surface area contributed by atoms with E-state index in [9.17, 15) is 18.0 Å². The Morgan fingerprint density at radius 1 is 1.25 bits per heavy atom. The molecule has 0 spiro atoms. The molecule has 5 nitrogen and oxygen atoms in total. The van der Waals surface area contributed by atoms with Gasteiger partial charge in [-0.25, -0.2) is 9.97 Å². The maximum Gasteiger partial charge on any atom is 0.433 e. The highest BCUT2D eigenvalue weighted by molar-refractivity contribution is 7.99. The minimum Gasteiger partial charge on any atom is -0.497 e. The number of nitrogens with one attached hydrogen (secondary N) is 1. The Kier molecular flexibility index (Phi) is 7.68. The number of nitrogens with zero attached hydrogens (tertiary/aromatic N) is 2. The number of carbonyl (C=O) groups is 1. The number of aromatic nitrogens is 2. The van der Waals surface area contributed by atoms with Gasteiger partial charge in [0.15, 0.2) is 5.16 Å². The molecule has 0 unspecified atom stereocenters. The van der Waals surface area contributed by atoms with Crippen molar-refractivity contribution in [3.05, 3.63) is 36.0 Å². The number of thioether (sulfide) groups is 1. The summed E-state index contributed by atoms with van der Waals surface area (Å²) in [6, 6.07) is 7.55. The van der Waals surface area contributed by atoms with Crippen molar-refractivity contribution in [3.8, 4) is 17.0 Å². The minimum atomic E-state index is -4.59. The predicted molar refractivity (Wildman–Crippen MR) is 102 cm³/mol. The molecule has 1 amide bonds. The summed E-state index contributed by atoms with van der Waals surface area (Å²) in [6.45, 7) is 3.85. The molecule has 2 rings (SSSR count). The van der Waals surface area contributed by atoms with Crippen LogP contribution in [0.3, 0.4) is 0 Å². The summed E-state index contributed by atoms with van der Waals surface area (Å²) in [4.78, 5) is 19.7. The summed E-state index contributed by atoms with van der Waals surface area (Å²) >= 11 is 1.02. The molecule has 0 aliphatic rings. The standard InChI is InChI=1S/C19H22F3N3O2S/c1-4-12(2)23-17(26)9-10-28-18-24-15(11-16(25-18)19(20,21)22)13-5-7-14(27-3)8-6-13/h5-8,11-12H,4,9-10H2,1-3H3,(H,23,26)/t12-/m1/s1. The molecule has 0 fully saturated rings. The topological polar surface area (TPSA) is 64.1 Å². The molecule has 0 aliphatic carbocycles. The lowest BCUT2D eigenvalue weighted by Crippen LogP contribution is -2.32. The fourth-order valence-corrected chi connectivity index (χ4v) is 3.02. The maximum atomic E-state index is 13.2. The molecule has 0 radical (unpaired) electrons. The number of carbonyl (C=O) groups excluding carboxylic acids is 1. The Morgan fingerprint density at radius 3 is 2.50 bits per heavy atom. The lowest BCUT2D eigenvalue weighted by Gasteiger charge is -2.12. The third kappa shape index (κ3) is 6.40. The van der Waals surface area contributed by atoms with Crippen molar-refractivity contribution in [2.75, 3.05) is 12.9 Å². The molecular weight excluding hydrogens is 391 g/mol. The molecular formula is C19H22F3N3O2S. The number of methoxy groups -OCH3 is 1. The number of amides is 1. The number of benzene rings is 1. The average Bonchev–Trinajstić information content (AvgIpc) is 2.67. The van der Waals surface area contributed by atoms with E-state index in [1.54, 1.807) is 24.3 Å². The molecule has 152 valence electrons. The van der Waals surface area contributed by atoms with Gasteiger partial charge in [0.2, 0.25) is 5.91 Å². The Hall–Kier alpha value is -2.29. The Morgan fingerprint density at radius 2 is 1.93 bits per heavy atom. The van der Waals surface area contributed by atoms with Gasteiger partial charge in [0.05, 0.1) is 12.8 Å².